The highest BCUT2D eigenvalue weighted by Crippen LogP contribution is 2.22. The number of piperazine rings is 1. The summed E-state index contributed by atoms with van der Waals surface area (Å²) in [6.07, 6.45) is -0.988. The zero-order valence-corrected chi connectivity index (χ0v) is 17.5. The van der Waals surface area contributed by atoms with Gasteiger partial charge in [0.2, 0.25) is 5.43 Å². The van der Waals surface area contributed by atoms with Gasteiger partial charge in [0.25, 0.3) is 0 Å². The molecule has 3 aromatic rings. The molecule has 1 aromatic heterocycles. The third-order valence-corrected chi connectivity index (χ3v) is 5.36. The second-order valence-corrected chi connectivity index (χ2v) is 7.54. The molecule has 8 nitrogen and oxygen atoms in total. The SMILES string of the molecule is CCOC(=O)N1CCN(CC(O)COc2ccc3oc4ccccc4c(=O)c3c2)CC1. The molecule has 1 unspecified atom stereocenters. The van der Waals surface area contributed by atoms with E-state index in [-0.39, 0.29) is 18.1 Å². The minimum Gasteiger partial charge on any atom is -0.491 e. The van der Waals surface area contributed by atoms with Crippen LogP contribution in [0.15, 0.2) is 51.7 Å². The molecule has 1 fully saturated rings. The van der Waals surface area contributed by atoms with Crippen molar-refractivity contribution in [2.75, 3.05) is 45.9 Å². The Bertz CT molecular complexity index is 1120. The van der Waals surface area contributed by atoms with E-state index in [1.807, 2.05) is 6.07 Å². The lowest BCUT2D eigenvalue weighted by atomic mass is 10.1. The van der Waals surface area contributed by atoms with Crippen LogP contribution >= 0.6 is 0 Å². The summed E-state index contributed by atoms with van der Waals surface area (Å²) < 4.78 is 16.6. The molecule has 0 radical (unpaired) electrons. The van der Waals surface area contributed by atoms with Gasteiger partial charge < -0.3 is 23.9 Å². The van der Waals surface area contributed by atoms with Gasteiger partial charge in [-0.25, -0.2) is 4.79 Å². The third kappa shape index (κ3) is 4.81. The number of β-amino-alcohol motifs (C(OH)–C–C–N with tert-alkyl or cyclic N) is 1. The molecule has 8 heteroatoms. The smallest absolute Gasteiger partial charge is 0.409 e. The molecule has 4 rings (SSSR count). The highest BCUT2D eigenvalue weighted by molar-refractivity contribution is 5.90. The number of aliphatic hydroxyl groups excluding tert-OH is 1. The number of amides is 1. The van der Waals surface area contributed by atoms with Crippen molar-refractivity contribution in [3.63, 3.8) is 0 Å². The number of nitrogens with zero attached hydrogens (tertiary/aromatic N) is 2. The predicted octanol–water partition coefficient (Wildman–Crippen LogP) is 2.46. The Balaban J connectivity index is 1.34. The first-order valence-corrected chi connectivity index (χ1v) is 10.5. The summed E-state index contributed by atoms with van der Waals surface area (Å²) in [6, 6.07) is 12.2. The molecule has 1 atom stereocenters. The largest absolute Gasteiger partial charge is 0.491 e. The van der Waals surface area contributed by atoms with Gasteiger partial charge >= 0.3 is 6.09 Å². The van der Waals surface area contributed by atoms with E-state index in [2.05, 4.69) is 4.90 Å². The number of rotatable bonds is 6. The molecule has 1 saturated heterocycles. The van der Waals surface area contributed by atoms with Gasteiger partial charge in [-0.15, -0.1) is 0 Å². The number of carbonyl (C=O) groups excluding carboxylic acids is 1. The molecule has 2 heterocycles. The number of hydrogen-bond donors (Lipinski definition) is 1. The van der Waals surface area contributed by atoms with E-state index in [1.165, 1.54) is 0 Å². The summed E-state index contributed by atoms with van der Waals surface area (Å²) in [5, 5.41) is 11.3. The summed E-state index contributed by atoms with van der Waals surface area (Å²) in [6.45, 7) is 5.16. The number of benzene rings is 2. The summed E-state index contributed by atoms with van der Waals surface area (Å²) in [4.78, 5) is 28.3. The van der Waals surface area contributed by atoms with Crippen LogP contribution in [0.3, 0.4) is 0 Å². The second kappa shape index (κ2) is 9.36. The standard InChI is InChI=1S/C23H26N2O6/c1-2-29-23(28)25-11-9-24(10-12-25)14-16(26)15-30-17-7-8-21-19(13-17)22(27)18-5-3-4-6-20(18)31-21/h3-8,13,16,26H,2,9-12,14-15H2,1H3. The average molecular weight is 426 g/mol. The summed E-state index contributed by atoms with van der Waals surface area (Å²) in [5.41, 5.74) is 0.936. The molecule has 0 spiro atoms. The van der Waals surface area contributed by atoms with Gasteiger partial charge in [0.1, 0.15) is 29.6 Å². The number of carbonyl (C=O) groups is 1. The molecule has 0 aliphatic carbocycles. The van der Waals surface area contributed by atoms with Crippen LogP contribution in [0.5, 0.6) is 5.75 Å². The van der Waals surface area contributed by atoms with Crippen molar-refractivity contribution in [3.05, 3.63) is 52.7 Å². The summed E-state index contributed by atoms with van der Waals surface area (Å²) in [7, 11) is 0. The summed E-state index contributed by atoms with van der Waals surface area (Å²) in [5.74, 6) is 0.501. The maximum absolute atomic E-state index is 12.7. The number of aliphatic hydroxyl groups is 1. The van der Waals surface area contributed by atoms with Gasteiger partial charge in [-0.1, -0.05) is 12.1 Å². The minimum absolute atomic E-state index is 0.0997. The number of fused-ring (bicyclic) bond motifs is 2. The monoisotopic (exact) mass is 426 g/mol. The fraction of sp³-hybridized carbons (Fsp3) is 0.391. The fourth-order valence-electron chi connectivity index (χ4n) is 3.74. The van der Waals surface area contributed by atoms with E-state index in [4.69, 9.17) is 13.9 Å². The van der Waals surface area contributed by atoms with Crippen LogP contribution in [-0.2, 0) is 4.74 Å². The van der Waals surface area contributed by atoms with Crippen molar-refractivity contribution in [1.82, 2.24) is 9.80 Å². The summed E-state index contributed by atoms with van der Waals surface area (Å²) >= 11 is 0. The van der Waals surface area contributed by atoms with Crippen molar-refractivity contribution in [2.24, 2.45) is 0 Å². The Hall–Kier alpha value is -3.10. The van der Waals surface area contributed by atoms with Gasteiger partial charge in [-0.2, -0.15) is 0 Å². The molecule has 0 bridgehead atoms. The van der Waals surface area contributed by atoms with E-state index in [1.54, 1.807) is 48.2 Å². The van der Waals surface area contributed by atoms with Crippen LogP contribution in [0.2, 0.25) is 0 Å². The topological polar surface area (TPSA) is 92.5 Å². The molecule has 31 heavy (non-hydrogen) atoms. The highest BCUT2D eigenvalue weighted by atomic mass is 16.6. The van der Waals surface area contributed by atoms with Crippen molar-refractivity contribution >= 4 is 28.0 Å². The maximum Gasteiger partial charge on any atom is 0.409 e. The third-order valence-electron chi connectivity index (χ3n) is 5.36. The second-order valence-electron chi connectivity index (χ2n) is 7.54. The van der Waals surface area contributed by atoms with Crippen LogP contribution < -0.4 is 10.2 Å². The first-order chi connectivity index (χ1) is 15.0. The lowest BCUT2D eigenvalue weighted by Gasteiger charge is -2.34. The predicted molar refractivity (Wildman–Crippen MR) is 117 cm³/mol. The average Bonchev–Trinajstić information content (AvgIpc) is 2.79. The molecule has 164 valence electrons. The number of ether oxygens (including phenoxy) is 2. The van der Waals surface area contributed by atoms with E-state index < -0.39 is 6.10 Å². The Labute approximate surface area is 179 Å². The van der Waals surface area contributed by atoms with Gasteiger partial charge in [0, 0.05) is 32.7 Å². The Kier molecular flexibility index (Phi) is 6.39. The maximum atomic E-state index is 12.7. The highest BCUT2D eigenvalue weighted by Gasteiger charge is 2.23. The van der Waals surface area contributed by atoms with E-state index >= 15 is 0 Å². The molecule has 1 aliphatic heterocycles. The molecular weight excluding hydrogens is 400 g/mol. The lowest BCUT2D eigenvalue weighted by Crippen LogP contribution is -2.51. The van der Waals surface area contributed by atoms with E-state index in [0.29, 0.717) is 67.0 Å². The molecule has 1 aliphatic rings. The first-order valence-electron chi connectivity index (χ1n) is 10.5. The van der Waals surface area contributed by atoms with Crippen molar-refractivity contribution in [2.45, 2.75) is 13.0 Å². The molecule has 1 amide bonds. The molecule has 0 saturated carbocycles. The Morgan fingerprint density at radius 3 is 2.61 bits per heavy atom. The van der Waals surface area contributed by atoms with Gasteiger partial charge in [-0.3, -0.25) is 9.69 Å². The normalized spacial score (nSPS) is 15.9. The van der Waals surface area contributed by atoms with Crippen LogP contribution in [0.1, 0.15) is 6.92 Å². The zero-order valence-electron chi connectivity index (χ0n) is 17.5. The van der Waals surface area contributed by atoms with Crippen LogP contribution in [-0.4, -0.2) is 73.0 Å². The van der Waals surface area contributed by atoms with Gasteiger partial charge in [-0.05, 0) is 37.3 Å². The molecule has 2 aromatic carbocycles. The van der Waals surface area contributed by atoms with Gasteiger partial charge in [0.15, 0.2) is 0 Å². The van der Waals surface area contributed by atoms with E-state index in [9.17, 15) is 14.7 Å². The Morgan fingerprint density at radius 1 is 1.10 bits per heavy atom. The van der Waals surface area contributed by atoms with Crippen LogP contribution in [0.4, 0.5) is 4.79 Å². The van der Waals surface area contributed by atoms with E-state index in [0.717, 1.165) is 0 Å². The van der Waals surface area contributed by atoms with Gasteiger partial charge in [0.05, 0.1) is 17.4 Å². The lowest BCUT2D eigenvalue weighted by molar-refractivity contribution is 0.0408. The van der Waals surface area contributed by atoms with Crippen molar-refractivity contribution < 1.29 is 23.8 Å². The minimum atomic E-state index is -0.696. The first kappa shape index (κ1) is 21.1. The van der Waals surface area contributed by atoms with Crippen molar-refractivity contribution in [3.8, 4) is 5.75 Å². The quantitative estimate of drug-likeness (QED) is 0.605. The number of hydrogen-bond acceptors (Lipinski definition) is 7. The van der Waals surface area contributed by atoms with Crippen molar-refractivity contribution in [1.29, 1.82) is 0 Å². The zero-order chi connectivity index (χ0) is 21.8. The molecular formula is C23H26N2O6. The fourth-order valence-corrected chi connectivity index (χ4v) is 3.74. The Morgan fingerprint density at radius 2 is 1.84 bits per heavy atom. The van der Waals surface area contributed by atoms with Crippen LogP contribution in [0, 0.1) is 0 Å². The van der Waals surface area contributed by atoms with Crippen LogP contribution in [0.25, 0.3) is 21.9 Å². The molecule has 1 N–H and O–H groups in total. The number of para-hydroxylation sites is 1.